The van der Waals surface area contributed by atoms with Gasteiger partial charge in [-0.15, -0.1) is 0 Å². The van der Waals surface area contributed by atoms with Crippen molar-refractivity contribution >= 4 is 34.6 Å². The lowest BCUT2D eigenvalue weighted by molar-refractivity contribution is 0.0698. The molecule has 0 heterocycles. The quantitative estimate of drug-likeness (QED) is 0.748. The Kier molecular flexibility index (Phi) is 3.62. The number of aryl methyl sites for hydroxylation is 1. The van der Waals surface area contributed by atoms with Gasteiger partial charge in [-0.25, -0.2) is 4.79 Å². The third kappa shape index (κ3) is 2.98. The van der Waals surface area contributed by atoms with Crippen molar-refractivity contribution < 1.29 is 9.90 Å². The second-order valence-corrected chi connectivity index (χ2v) is 4.63. The SMILES string of the molecule is Cc1ccc(Cl)cc1Nc1cc(N)ccc1C(=O)O. The van der Waals surface area contributed by atoms with Gasteiger partial charge in [-0.05, 0) is 42.8 Å². The molecule has 0 aliphatic heterocycles. The molecule has 4 nitrogen and oxygen atoms in total. The monoisotopic (exact) mass is 276 g/mol. The maximum Gasteiger partial charge on any atom is 0.337 e. The van der Waals surface area contributed by atoms with Gasteiger partial charge in [0.2, 0.25) is 0 Å². The number of hydrogen-bond acceptors (Lipinski definition) is 3. The fraction of sp³-hybridized carbons (Fsp3) is 0.0714. The second-order valence-electron chi connectivity index (χ2n) is 4.19. The molecule has 0 radical (unpaired) electrons. The van der Waals surface area contributed by atoms with Crippen LogP contribution in [0.25, 0.3) is 0 Å². The summed E-state index contributed by atoms with van der Waals surface area (Å²) in [6.45, 7) is 1.91. The molecule has 0 atom stereocenters. The Morgan fingerprint density at radius 2 is 1.95 bits per heavy atom. The Morgan fingerprint density at radius 3 is 2.63 bits per heavy atom. The number of anilines is 3. The minimum absolute atomic E-state index is 0.161. The van der Waals surface area contributed by atoms with Gasteiger partial charge in [0.15, 0.2) is 0 Å². The lowest BCUT2D eigenvalue weighted by Gasteiger charge is -2.13. The van der Waals surface area contributed by atoms with E-state index in [1.165, 1.54) is 6.07 Å². The van der Waals surface area contributed by atoms with Crippen LogP contribution in [-0.2, 0) is 0 Å². The number of nitrogens with two attached hydrogens (primary N) is 1. The van der Waals surface area contributed by atoms with Crippen LogP contribution in [0.2, 0.25) is 5.02 Å². The minimum atomic E-state index is -1.01. The zero-order valence-corrected chi connectivity index (χ0v) is 11.0. The Morgan fingerprint density at radius 1 is 1.21 bits per heavy atom. The van der Waals surface area contributed by atoms with Gasteiger partial charge in [0.05, 0.1) is 11.3 Å². The van der Waals surface area contributed by atoms with E-state index in [1.807, 2.05) is 13.0 Å². The van der Waals surface area contributed by atoms with Gasteiger partial charge < -0.3 is 16.2 Å². The highest BCUT2D eigenvalue weighted by Crippen LogP contribution is 2.27. The van der Waals surface area contributed by atoms with Crippen molar-refractivity contribution in [2.45, 2.75) is 6.92 Å². The first kappa shape index (κ1) is 13.2. The second kappa shape index (κ2) is 5.20. The van der Waals surface area contributed by atoms with E-state index in [0.717, 1.165) is 11.3 Å². The summed E-state index contributed by atoms with van der Waals surface area (Å²) in [6, 6.07) is 9.99. The normalized spacial score (nSPS) is 10.2. The molecule has 0 bridgehead atoms. The van der Waals surface area contributed by atoms with Gasteiger partial charge in [-0.3, -0.25) is 0 Å². The molecule has 0 saturated heterocycles. The van der Waals surface area contributed by atoms with Crippen LogP contribution >= 0.6 is 11.6 Å². The van der Waals surface area contributed by atoms with Crippen molar-refractivity contribution in [2.24, 2.45) is 0 Å². The van der Waals surface area contributed by atoms with Crippen molar-refractivity contribution in [1.82, 2.24) is 0 Å². The van der Waals surface area contributed by atoms with Crippen molar-refractivity contribution in [3.63, 3.8) is 0 Å². The summed E-state index contributed by atoms with van der Waals surface area (Å²) in [5.41, 5.74) is 8.50. The van der Waals surface area contributed by atoms with E-state index in [0.29, 0.717) is 16.4 Å². The molecule has 0 aliphatic carbocycles. The summed E-state index contributed by atoms with van der Waals surface area (Å²) in [7, 11) is 0. The molecule has 0 saturated carbocycles. The molecule has 0 amide bonds. The van der Waals surface area contributed by atoms with Crippen LogP contribution in [0.15, 0.2) is 36.4 Å². The average Bonchev–Trinajstić information content (AvgIpc) is 2.33. The molecular formula is C14H13ClN2O2. The molecule has 2 aromatic carbocycles. The van der Waals surface area contributed by atoms with Crippen LogP contribution < -0.4 is 11.1 Å². The number of hydrogen-bond donors (Lipinski definition) is 3. The lowest BCUT2D eigenvalue weighted by atomic mass is 10.1. The predicted octanol–water partition coefficient (Wildman–Crippen LogP) is 3.67. The first-order valence-electron chi connectivity index (χ1n) is 5.63. The Balaban J connectivity index is 2.45. The molecular weight excluding hydrogens is 264 g/mol. The van der Waals surface area contributed by atoms with Gasteiger partial charge in [-0.2, -0.15) is 0 Å². The molecule has 0 aromatic heterocycles. The highest BCUT2D eigenvalue weighted by molar-refractivity contribution is 6.30. The molecule has 0 fully saturated rings. The Bertz CT molecular complexity index is 641. The summed E-state index contributed by atoms with van der Waals surface area (Å²) in [5, 5.41) is 12.8. The van der Waals surface area contributed by atoms with Crippen LogP contribution in [0.4, 0.5) is 17.1 Å². The maximum absolute atomic E-state index is 11.2. The zero-order chi connectivity index (χ0) is 14.0. The zero-order valence-electron chi connectivity index (χ0n) is 10.3. The summed E-state index contributed by atoms with van der Waals surface area (Å²) in [5.74, 6) is -1.01. The highest BCUT2D eigenvalue weighted by atomic mass is 35.5. The van der Waals surface area contributed by atoms with Gasteiger partial charge >= 0.3 is 5.97 Å². The molecule has 2 aromatic rings. The molecule has 4 N–H and O–H groups in total. The number of nitrogen functional groups attached to an aromatic ring is 1. The maximum atomic E-state index is 11.2. The van der Waals surface area contributed by atoms with Crippen molar-refractivity contribution in [3.05, 3.63) is 52.5 Å². The molecule has 98 valence electrons. The Hall–Kier alpha value is -2.20. The predicted molar refractivity (Wildman–Crippen MR) is 77.3 cm³/mol. The van der Waals surface area contributed by atoms with E-state index in [1.54, 1.807) is 24.3 Å². The molecule has 0 spiro atoms. The van der Waals surface area contributed by atoms with Crippen molar-refractivity contribution in [3.8, 4) is 0 Å². The van der Waals surface area contributed by atoms with Crippen LogP contribution in [0.1, 0.15) is 15.9 Å². The first-order chi connectivity index (χ1) is 8.97. The van der Waals surface area contributed by atoms with Crippen LogP contribution in [-0.4, -0.2) is 11.1 Å². The molecule has 0 aliphatic rings. The topological polar surface area (TPSA) is 75.3 Å². The number of carboxylic acids is 1. The van der Waals surface area contributed by atoms with Crippen molar-refractivity contribution in [1.29, 1.82) is 0 Å². The smallest absolute Gasteiger partial charge is 0.337 e. The fourth-order valence-corrected chi connectivity index (χ4v) is 1.90. The summed E-state index contributed by atoms with van der Waals surface area (Å²) >= 11 is 5.94. The highest BCUT2D eigenvalue weighted by Gasteiger charge is 2.11. The molecule has 5 heteroatoms. The number of carboxylic acid groups (broad SMARTS) is 1. The van der Waals surface area contributed by atoms with E-state index < -0.39 is 5.97 Å². The van der Waals surface area contributed by atoms with Crippen LogP contribution in [0.5, 0.6) is 0 Å². The van der Waals surface area contributed by atoms with E-state index in [-0.39, 0.29) is 5.56 Å². The lowest BCUT2D eigenvalue weighted by Crippen LogP contribution is -2.04. The van der Waals surface area contributed by atoms with Gasteiger partial charge in [-0.1, -0.05) is 17.7 Å². The molecule has 2 rings (SSSR count). The largest absolute Gasteiger partial charge is 0.478 e. The summed E-state index contributed by atoms with van der Waals surface area (Å²) in [6.07, 6.45) is 0. The van der Waals surface area contributed by atoms with E-state index >= 15 is 0 Å². The number of aromatic carboxylic acids is 1. The fourth-order valence-electron chi connectivity index (χ4n) is 1.73. The first-order valence-corrected chi connectivity index (χ1v) is 6.01. The van der Waals surface area contributed by atoms with E-state index in [2.05, 4.69) is 5.32 Å². The number of nitrogens with one attached hydrogen (secondary N) is 1. The van der Waals surface area contributed by atoms with Gasteiger partial charge in [0.25, 0.3) is 0 Å². The summed E-state index contributed by atoms with van der Waals surface area (Å²) < 4.78 is 0. The molecule has 19 heavy (non-hydrogen) atoms. The van der Waals surface area contributed by atoms with Gasteiger partial charge in [0, 0.05) is 16.4 Å². The number of carbonyl (C=O) groups is 1. The number of halogens is 1. The van der Waals surface area contributed by atoms with Crippen LogP contribution in [0.3, 0.4) is 0 Å². The minimum Gasteiger partial charge on any atom is -0.478 e. The summed E-state index contributed by atoms with van der Waals surface area (Å²) in [4.78, 5) is 11.2. The third-order valence-electron chi connectivity index (χ3n) is 2.74. The van der Waals surface area contributed by atoms with E-state index in [4.69, 9.17) is 22.4 Å². The Labute approximate surface area is 115 Å². The number of benzene rings is 2. The third-order valence-corrected chi connectivity index (χ3v) is 2.98. The molecule has 0 unspecified atom stereocenters. The van der Waals surface area contributed by atoms with Gasteiger partial charge in [0.1, 0.15) is 0 Å². The van der Waals surface area contributed by atoms with E-state index in [9.17, 15) is 4.79 Å². The standard InChI is InChI=1S/C14H13ClN2O2/c1-8-2-3-9(15)6-12(8)17-13-7-10(16)4-5-11(13)14(18)19/h2-7,17H,16H2,1H3,(H,18,19). The average molecular weight is 277 g/mol. The van der Waals surface area contributed by atoms with Crippen LogP contribution in [0, 0.1) is 6.92 Å². The number of rotatable bonds is 3. The van der Waals surface area contributed by atoms with Crippen molar-refractivity contribution in [2.75, 3.05) is 11.1 Å².